The Labute approximate surface area is 172 Å². The number of benzene rings is 2. The van der Waals surface area contributed by atoms with Crippen molar-refractivity contribution in [3.63, 3.8) is 0 Å². The number of hydrogen-bond donors (Lipinski definition) is 1. The zero-order valence-electron chi connectivity index (χ0n) is 15.2. The molecule has 3 rings (SSSR count). The molecule has 2 aromatic carbocycles. The molecule has 0 spiro atoms. The summed E-state index contributed by atoms with van der Waals surface area (Å²) in [6.07, 6.45) is 1.45. The third-order valence-electron chi connectivity index (χ3n) is 4.00. The highest BCUT2D eigenvalue weighted by Gasteiger charge is 2.34. The SMILES string of the molecule is CCOc1ccc(Cl)cc1/C=C1\C(=O)NC(=S)N(c2ccc(OC)cc2)C1=O. The van der Waals surface area contributed by atoms with Crippen LogP contribution in [0.5, 0.6) is 11.5 Å². The molecule has 1 aliphatic rings. The van der Waals surface area contributed by atoms with Gasteiger partial charge in [-0.2, -0.15) is 0 Å². The standard InChI is InChI=1S/C20H17ClN2O4S/c1-3-27-17-9-4-13(21)10-12(17)11-16-18(24)22-20(28)23(19(16)25)14-5-7-15(26-2)8-6-14/h4-11H,3H2,1-2H3,(H,22,24,28)/b16-11+. The Balaban J connectivity index is 2.02. The van der Waals surface area contributed by atoms with Gasteiger partial charge in [-0.3, -0.25) is 19.8 Å². The Morgan fingerprint density at radius 1 is 1.18 bits per heavy atom. The number of rotatable bonds is 5. The van der Waals surface area contributed by atoms with Crippen LogP contribution in [-0.2, 0) is 9.59 Å². The Morgan fingerprint density at radius 2 is 1.89 bits per heavy atom. The van der Waals surface area contributed by atoms with Gasteiger partial charge in [0.15, 0.2) is 5.11 Å². The van der Waals surface area contributed by atoms with Crippen molar-refractivity contribution in [2.24, 2.45) is 0 Å². The predicted octanol–water partition coefficient (Wildman–Crippen LogP) is 3.58. The third kappa shape index (κ3) is 4.00. The molecule has 0 atom stereocenters. The highest BCUT2D eigenvalue weighted by molar-refractivity contribution is 7.80. The minimum absolute atomic E-state index is 0.00782. The monoisotopic (exact) mass is 416 g/mol. The van der Waals surface area contributed by atoms with Crippen LogP contribution in [0.1, 0.15) is 12.5 Å². The molecule has 1 saturated heterocycles. The second kappa shape index (κ2) is 8.41. The number of nitrogens with one attached hydrogen (secondary N) is 1. The van der Waals surface area contributed by atoms with E-state index in [-0.39, 0.29) is 10.7 Å². The zero-order chi connectivity index (χ0) is 20.3. The lowest BCUT2D eigenvalue weighted by atomic mass is 10.1. The van der Waals surface area contributed by atoms with Crippen molar-refractivity contribution in [1.82, 2.24) is 5.32 Å². The van der Waals surface area contributed by atoms with Gasteiger partial charge in [0, 0.05) is 10.6 Å². The minimum Gasteiger partial charge on any atom is -0.497 e. The summed E-state index contributed by atoms with van der Waals surface area (Å²) in [4.78, 5) is 26.8. The van der Waals surface area contributed by atoms with Crippen LogP contribution in [0.15, 0.2) is 48.0 Å². The van der Waals surface area contributed by atoms with E-state index < -0.39 is 11.8 Å². The first-order valence-corrected chi connectivity index (χ1v) is 9.21. The van der Waals surface area contributed by atoms with E-state index >= 15 is 0 Å². The van der Waals surface area contributed by atoms with Crippen LogP contribution in [0.25, 0.3) is 6.08 Å². The molecule has 1 aliphatic heterocycles. The van der Waals surface area contributed by atoms with E-state index in [2.05, 4.69) is 5.32 Å². The topological polar surface area (TPSA) is 67.9 Å². The van der Waals surface area contributed by atoms with E-state index in [4.69, 9.17) is 33.3 Å². The molecule has 6 nitrogen and oxygen atoms in total. The van der Waals surface area contributed by atoms with Crippen molar-refractivity contribution < 1.29 is 19.1 Å². The second-order valence-corrected chi connectivity index (χ2v) is 6.59. The fraction of sp³-hybridized carbons (Fsp3) is 0.150. The number of ether oxygens (including phenoxy) is 2. The molecule has 144 valence electrons. The molecule has 0 bridgehead atoms. The van der Waals surface area contributed by atoms with E-state index in [1.165, 1.54) is 11.0 Å². The molecule has 0 aliphatic carbocycles. The summed E-state index contributed by atoms with van der Waals surface area (Å²) in [5.41, 5.74) is 0.959. The molecule has 1 fully saturated rings. The Kier molecular flexibility index (Phi) is 5.96. The number of methoxy groups -OCH3 is 1. The molecule has 0 unspecified atom stereocenters. The average molecular weight is 417 g/mol. The fourth-order valence-corrected chi connectivity index (χ4v) is 3.16. The minimum atomic E-state index is -0.581. The maximum atomic E-state index is 13.1. The van der Waals surface area contributed by atoms with Gasteiger partial charge < -0.3 is 9.47 Å². The highest BCUT2D eigenvalue weighted by atomic mass is 35.5. The van der Waals surface area contributed by atoms with Crippen molar-refractivity contribution in [2.75, 3.05) is 18.6 Å². The predicted molar refractivity (Wildman–Crippen MR) is 112 cm³/mol. The molecule has 2 amide bonds. The molecule has 0 aromatic heterocycles. The summed E-state index contributed by atoms with van der Waals surface area (Å²) in [5.74, 6) is 0.0342. The quantitative estimate of drug-likeness (QED) is 0.458. The maximum absolute atomic E-state index is 13.1. The summed E-state index contributed by atoms with van der Waals surface area (Å²) >= 11 is 11.3. The van der Waals surface area contributed by atoms with Gasteiger partial charge in [0.05, 0.1) is 19.4 Å². The summed E-state index contributed by atoms with van der Waals surface area (Å²) in [7, 11) is 1.55. The van der Waals surface area contributed by atoms with Crippen LogP contribution in [0.4, 0.5) is 5.69 Å². The van der Waals surface area contributed by atoms with Crippen LogP contribution in [0.3, 0.4) is 0 Å². The van der Waals surface area contributed by atoms with Gasteiger partial charge in [-0.25, -0.2) is 0 Å². The van der Waals surface area contributed by atoms with E-state index in [9.17, 15) is 9.59 Å². The Bertz CT molecular complexity index is 973. The number of hydrogen-bond acceptors (Lipinski definition) is 5. The van der Waals surface area contributed by atoms with E-state index in [1.807, 2.05) is 6.92 Å². The Hall–Kier alpha value is -2.90. The number of halogens is 1. The molecule has 0 radical (unpaired) electrons. The number of thiocarbonyl (C=S) groups is 1. The van der Waals surface area contributed by atoms with Gasteiger partial charge in [-0.15, -0.1) is 0 Å². The van der Waals surface area contributed by atoms with Gasteiger partial charge in [-0.05, 0) is 67.7 Å². The molecular formula is C20H17ClN2O4S. The number of amides is 2. The molecule has 8 heteroatoms. The smallest absolute Gasteiger partial charge is 0.270 e. The average Bonchev–Trinajstić information content (AvgIpc) is 2.67. The number of nitrogens with zero attached hydrogens (tertiary/aromatic N) is 1. The normalized spacial score (nSPS) is 15.6. The molecule has 1 N–H and O–H groups in total. The number of carbonyl (C=O) groups is 2. The van der Waals surface area contributed by atoms with Crippen LogP contribution in [0, 0.1) is 0 Å². The fourth-order valence-electron chi connectivity index (χ4n) is 2.70. The Morgan fingerprint density at radius 3 is 2.54 bits per heavy atom. The highest BCUT2D eigenvalue weighted by Crippen LogP contribution is 2.28. The first-order valence-electron chi connectivity index (χ1n) is 8.42. The van der Waals surface area contributed by atoms with Gasteiger partial charge in [0.1, 0.15) is 17.1 Å². The van der Waals surface area contributed by atoms with Crippen molar-refractivity contribution >= 4 is 52.5 Å². The molecule has 2 aromatic rings. The molecule has 0 saturated carbocycles. The van der Waals surface area contributed by atoms with E-state index in [1.54, 1.807) is 49.6 Å². The lowest BCUT2D eigenvalue weighted by molar-refractivity contribution is -0.122. The van der Waals surface area contributed by atoms with Crippen molar-refractivity contribution in [1.29, 1.82) is 0 Å². The number of anilines is 1. The van der Waals surface area contributed by atoms with Crippen molar-refractivity contribution in [3.8, 4) is 11.5 Å². The lowest BCUT2D eigenvalue weighted by Gasteiger charge is -2.29. The van der Waals surface area contributed by atoms with Crippen LogP contribution in [0.2, 0.25) is 5.02 Å². The first-order chi connectivity index (χ1) is 13.4. The summed E-state index contributed by atoms with van der Waals surface area (Å²) in [5, 5.41) is 3.02. The lowest BCUT2D eigenvalue weighted by Crippen LogP contribution is -2.54. The van der Waals surface area contributed by atoms with Crippen LogP contribution in [-0.4, -0.2) is 30.6 Å². The summed E-state index contributed by atoms with van der Waals surface area (Å²) in [6.45, 7) is 2.27. The van der Waals surface area contributed by atoms with E-state index in [0.29, 0.717) is 34.4 Å². The van der Waals surface area contributed by atoms with Gasteiger partial charge >= 0.3 is 0 Å². The maximum Gasteiger partial charge on any atom is 0.270 e. The van der Waals surface area contributed by atoms with Gasteiger partial charge in [0.2, 0.25) is 0 Å². The molecule has 1 heterocycles. The van der Waals surface area contributed by atoms with E-state index in [0.717, 1.165) is 0 Å². The summed E-state index contributed by atoms with van der Waals surface area (Å²) in [6, 6.07) is 11.8. The van der Waals surface area contributed by atoms with Crippen molar-refractivity contribution in [3.05, 3.63) is 58.6 Å². The molecular weight excluding hydrogens is 400 g/mol. The van der Waals surface area contributed by atoms with Gasteiger partial charge in [0.25, 0.3) is 11.8 Å². The van der Waals surface area contributed by atoms with Crippen molar-refractivity contribution in [2.45, 2.75) is 6.92 Å². The second-order valence-electron chi connectivity index (χ2n) is 5.77. The zero-order valence-corrected chi connectivity index (χ0v) is 16.8. The van der Waals surface area contributed by atoms with Crippen LogP contribution >= 0.6 is 23.8 Å². The molecule has 28 heavy (non-hydrogen) atoms. The summed E-state index contributed by atoms with van der Waals surface area (Å²) < 4.78 is 10.7. The third-order valence-corrected chi connectivity index (χ3v) is 4.52. The first kappa shape index (κ1) is 19.9. The largest absolute Gasteiger partial charge is 0.497 e. The van der Waals surface area contributed by atoms with Crippen LogP contribution < -0.4 is 19.7 Å². The number of carbonyl (C=O) groups excluding carboxylic acids is 2. The van der Waals surface area contributed by atoms with Gasteiger partial charge in [-0.1, -0.05) is 11.6 Å².